The largest absolute Gasteiger partial charge is 0.494 e. The first kappa shape index (κ1) is 19.4. The SMILES string of the molecule is CCOc1ccc(S(=O)(=O)NCC(C)(C)c2c[nH]c3cc(F)ccc23)cc1. The first-order valence-electron chi connectivity index (χ1n) is 8.72. The van der Waals surface area contributed by atoms with Gasteiger partial charge in [-0.15, -0.1) is 0 Å². The minimum absolute atomic E-state index is 0.183. The van der Waals surface area contributed by atoms with Gasteiger partial charge in [0, 0.05) is 29.1 Å². The van der Waals surface area contributed by atoms with E-state index in [1.807, 2.05) is 20.8 Å². The third-order valence-electron chi connectivity index (χ3n) is 4.52. The normalized spacial score (nSPS) is 12.4. The molecule has 2 N–H and O–H groups in total. The third kappa shape index (κ3) is 4.14. The zero-order valence-electron chi connectivity index (χ0n) is 15.5. The fraction of sp³-hybridized carbons (Fsp3) is 0.300. The van der Waals surface area contributed by atoms with Gasteiger partial charge in [-0.25, -0.2) is 17.5 Å². The van der Waals surface area contributed by atoms with Crippen LogP contribution < -0.4 is 9.46 Å². The molecule has 0 unspecified atom stereocenters. The van der Waals surface area contributed by atoms with Crippen LogP contribution in [-0.2, 0) is 15.4 Å². The second-order valence-electron chi connectivity index (χ2n) is 7.01. The molecule has 2 aromatic carbocycles. The molecular formula is C20H23FN2O3S. The van der Waals surface area contributed by atoms with Crippen molar-refractivity contribution in [3.63, 3.8) is 0 Å². The lowest BCUT2D eigenvalue weighted by molar-refractivity contribution is 0.340. The molecule has 0 atom stereocenters. The number of nitrogens with one attached hydrogen (secondary N) is 2. The second kappa shape index (κ2) is 7.32. The van der Waals surface area contributed by atoms with Gasteiger partial charge in [0.15, 0.2) is 0 Å². The van der Waals surface area contributed by atoms with E-state index in [0.29, 0.717) is 17.9 Å². The van der Waals surface area contributed by atoms with Gasteiger partial charge in [-0.1, -0.05) is 13.8 Å². The molecular weight excluding hydrogens is 367 g/mol. The average Bonchev–Trinajstić information content (AvgIpc) is 3.05. The van der Waals surface area contributed by atoms with Crippen LogP contribution in [0.1, 0.15) is 26.3 Å². The average molecular weight is 390 g/mol. The molecule has 0 radical (unpaired) electrons. The number of hydrogen-bond donors (Lipinski definition) is 2. The number of fused-ring (bicyclic) bond motifs is 1. The van der Waals surface area contributed by atoms with Crippen LogP contribution in [0, 0.1) is 5.82 Å². The summed E-state index contributed by atoms with van der Waals surface area (Å²) in [5.74, 6) is 0.313. The summed E-state index contributed by atoms with van der Waals surface area (Å²) in [6, 6.07) is 10.9. The van der Waals surface area contributed by atoms with E-state index >= 15 is 0 Å². The number of aromatic amines is 1. The van der Waals surface area contributed by atoms with Gasteiger partial charge in [0.05, 0.1) is 11.5 Å². The van der Waals surface area contributed by atoms with Crippen LogP contribution in [0.4, 0.5) is 4.39 Å². The Morgan fingerprint density at radius 2 is 1.85 bits per heavy atom. The molecule has 0 bridgehead atoms. The molecule has 7 heteroatoms. The quantitative estimate of drug-likeness (QED) is 0.641. The van der Waals surface area contributed by atoms with Gasteiger partial charge in [0.25, 0.3) is 0 Å². The van der Waals surface area contributed by atoms with Gasteiger partial charge >= 0.3 is 0 Å². The van der Waals surface area contributed by atoms with Crippen LogP contribution >= 0.6 is 0 Å². The third-order valence-corrected chi connectivity index (χ3v) is 5.94. The molecule has 27 heavy (non-hydrogen) atoms. The predicted octanol–water partition coefficient (Wildman–Crippen LogP) is 3.96. The highest BCUT2D eigenvalue weighted by Gasteiger charge is 2.27. The molecule has 0 amide bonds. The molecule has 0 fully saturated rings. The van der Waals surface area contributed by atoms with Crippen LogP contribution in [0.25, 0.3) is 10.9 Å². The van der Waals surface area contributed by atoms with Gasteiger partial charge in [0.2, 0.25) is 10.0 Å². The lowest BCUT2D eigenvalue weighted by Crippen LogP contribution is -2.36. The summed E-state index contributed by atoms with van der Waals surface area (Å²) in [5, 5.41) is 0.877. The number of ether oxygens (including phenoxy) is 1. The van der Waals surface area contributed by atoms with Crippen molar-refractivity contribution in [1.29, 1.82) is 0 Å². The summed E-state index contributed by atoms with van der Waals surface area (Å²) in [6.45, 7) is 6.48. The minimum Gasteiger partial charge on any atom is -0.494 e. The first-order chi connectivity index (χ1) is 12.7. The van der Waals surface area contributed by atoms with Crippen molar-refractivity contribution < 1.29 is 17.5 Å². The smallest absolute Gasteiger partial charge is 0.240 e. The van der Waals surface area contributed by atoms with E-state index in [2.05, 4.69) is 9.71 Å². The first-order valence-corrected chi connectivity index (χ1v) is 10.2. The van der Waals surface area contributed by atoms with E-state index in [1.165, 1.54) is 24.3 Å². The maximum Gasteiger partial charge on any atom is 0.240 e. The van der Waals surface area contributed by atoms with Crippen LogP contribution in [0.5, 0.6) is 5.75 Å². The van der Waals surface area contributed by atoms with Gasteiger partial charge in [-0.05, 0) is 55.0 Å². The Hall–Kier alpha value is -2.38. The van der Waals surface area contributed by atoms with Gasteiger partial charge < -0.3 is 9.72 Å². The van der Waals surface area contributed by atoms with Crippen LogP contribution in [0.15, 0.2) is 53.6 Å². The van der Waals surface area contributed by atoms with Crippen molar-refractivity contribution in [3.05, 3.63) is 60.0 Å². The monoisotopic (exact) mass is 390 g/mol. The van der Waals surface area contributed by atoms with E-state index in [1.54, 1.807) is 24.4 Å². The molecule has 1 heterocycles. The van der Waals surface area contributed by atoms with Crippen LogP contribution in [0.3, 0.4) is 0 Å². The molecule has 1 aromatic heterocycles. The molecule has 0 aliphatic heterocycles. The van der Waals surface area contributed by atoms with Crippen molar-refractivity contribution in [1.82, 2.24) is 9.71 Å². The Labute approximate surface area is 158 Å². The standard InChI is InChI=1S/C20H23FN2O3S/c1-4-26-15-6-8-16(9-7-15)27(24,25)23-13-20(2,3)18-12-22-19-11-14(21)5-10-17(18)19/h5-12,22-23H,4,13H2,1-3H3. The second-order valence-corrected chi connectivity index (χ2v) is 8.77. The molecule has 5 nitrogen and oxygen atoms in total. The van der Waals surface area contributed by atoms with Crippen molar-refractivity contribution in [2.45, 2.75) is 31.1 Å². The highest BCUT2D eigenvalue weighted by molar-refractivity contribution is 7.89. The summed E-state index contributed by atoms with van der Waals surface area (Å²) >= 11 is 0. The Morgan fingerprint density at radius 3 is 2.52 bits per heavy atom. The Bertz CT molecular complexity index is 1040. The Kier molecular flexibility index (Phi) is 5.26. The van der Waals surface area contributed by atoms with E-state index < -0.39 is 15.4 Å². The summed E-state index contributed by atoms with van der Waals surface area (Å²) in [5.41, 5.74) is 1.12. The Morgan fingerprint density at radius 1 is 1.15 bits per heavy atom. The predicted molar refractivity (Wildman–Crippen MR) is 104 cm³/mol. The molecule has 3 rings (SSSR count). The molecule has 0 aliphatic rings. The zero-order valence-corrected chi connectivity index (χ0v) is 16.4. The number of sulfonamides is 1. The van der Waals surface area contributed by atoms with E-state index in [0.717, 1.165) is 10.9 Å². The summed E-state index contributed by atoms with van der Waals surface area (Å²) in [4.78, 5) is 3.23. The Balaban J connectivity index is 1.79. The maximum absolute atomic E-state index is 13.4. The van der Waals surface area contributed by atoms with Crippen molar-refractivity contribution >= 4 is 20.9 Å². The van der Waals surface area contributed by atoms with Crippen molar-refractivity contribution in [2.75, 3.05) is 13.2 Å². The van der Waals surface area contributed by atoms with Crippen LogP contribution in [0.2, 0.25) is 0 Å². The number of aromatic nitrogens is 1. The number of H-pyrrole nitrogens is 1. The fourth-order valence-electron chi connectivity index (χ4n) is 2.99. The number of benzene rings is 2. The lowest BCUT2D eigenvalue weighted by atomic mass is 9.85. The van der Waals surface area contributed by atoms with Crippen molar-refractivity contribution in [3.8, 4) is 5.75 Å². The van der Waals surface area contributed by atoms with Crippen molar-refractivity contribution in [2.24, 2.45) is 0 Å². The van der Waals surface area contributed by atoms with Gasteiger partial charge in [-0.2, -0.15) is 0 Å². The topological polar surface area (TPSA) is 71.2 Å². The molecule has 0 saturated heterocycles. The molecule has 0 spiro atoms. The molecule has 144 valence electrons. The number of halogens is 1. The number of rotatable bonds is 7. The minimum atomic E-state index is -3.65. The lowest BCUT2D eigenvalue weighted by Gasteiger charge is -2.25. The van der Waals surface area contributed by atoms with Gasteiger partial charge in [-0.3, -0.25) is 0 Å². The summed E-state index contributed by atoms with van der Waals surface area (Å²) in [6.07, 6.45) is 1.80. The highest BCUT2D eigenvalue weighted by atomic mass is 32.2. The molecule has 3 aromatic rings. The maximum atomic E-state index is 13.4. The fourth-order valence-corrected chi connectivity index (χ4v) is 4.21. The van der Waals surface area contributed by atoms with E-state index in [9.17, 15) is 12.8 Å². The molecule has 0 saturated carbocycles. The highest BCUT2D eigenvalue weighted by Crippen LogP contribution is 2.30. The van der Waals surface area contributed by atoms with Crippen LogP contribution in [-0.4, -0.2) is 26.6 Å². The number of hydrogen-bond acceptors (Lipinski definition) is 3. The summed E-state index contributed by atoms with van der Waals surface area (Å²) in [7, 11) is -3.65. The summed E-state index contributed by atoms with van der Waals surface area (Å²) < 4.78 is 46.6. The van der Waals surface area contributed by atoms with Gasteiger partial charge in [0.1, 0.15) is 11.6 Å². The van der Waals surface area contributed by atoms with E-state index in [4.69, 9.17) is 4.74 Å². The zero-order chi connectivity index (χ0) is 19.7. The molecule has 0 aliphatic carbocycles. The van der Waals surface area contributed by atoms with E-state index in [-0.39, 0.29) is 17.3 Å².